The van der Waals surface area contributed by atoms with E-state index in [0.717, 1.165) is 6.26 Å². The Labute approximate surface area is 145 Å². The summed E-state index contributed by atoms with van der Waals surface area (Å²) < 4.78 is 30.6. The van der Waals surface area contributed by atoms with Crippen LogP contribution >= 0.6 is 0 Å². The number of amides is 1. The van der Waals surface area contributed by atoms with E-state index in [0.29, 0.717) is 30.3 Å². The molecule has 0 heterocycles. The van der Waals surface area contributed by atoms with Crippen molar-refractivity contribution in [1.29, 1.82) is 0 Å². The molecule has 7 heteroatoms. The summed E-state index contributed by atoms with van der Waals surface area (Å²) >= 11 is 0. The van der Waals surface area contributed by atoms with Crippen molar-refractivity contribution in [2.24, 2.45) is 5.92 Å². The van der Waals surface area contributed by atoms with Crippen LogP contribution in [-0.4, -0.2) is 44.1 Å². The van der Waals surface area contributed by atoms with Crippen molar-refractivity contribution >= 4 is 21.6 Å². The van der Waals surface area contributed by atoms with Gasteiger partial charge in [-0.1, -0.05) is 26.0 Å². The van der Waals surface area contributed by atoms with Gasteiger partial charge in [0.05, 0.1) is 24.6 Å². The lowest BCUT2D eigenvalue weighted by atomic mass is 10.1. The highest BCUT2D eigenvalue weighted by atomic mass is 32.2. The Morgan fingerprint density at radius 1 is 1.21 bits per heavy atom. The predicted molar refractivity (Wildman–Crippen MR) is 96.7 cm³/mol. The van der Waals surface area contributed by atoms with Crippen molar-refractivity contribution < 1.29 is 17.9 Å². The molecule has 1 aromatic carbocycles. The molecule has 6 nitrogen and oxygen atoms in total. The molecule has 1 aromatic rings. The maximum atomic E-state index is 12.3. The Morgan fingerprint density at radius 2 is 1.83 bits per heavy atom. The van der Waals surface area contributed by atoms with E-state index in [1.54, 1.807) is 18.2 Å². The van der Waals surface area contributed by atoms with Gasteiger partial charge >= 0.3 is 0 Å². The van der Waals surface area contributed by atoms with Crippen LogP contribution in [0, 0.1) is 5.92 Å². The number of anilines is 1. The summed E-state index contributed by atoms with van der Waals surface area (Å²) in [5.74, 6) is 0.537. The number of nitrogens with zero attached hydrogens (tertiary/aromatic N) is 1. The number of benzene rings is 1. The van der Waals surface area contributed by atoms with Crippen molar-refractivity contribution in [3.8, 4) is 5.75 Å². The zero-order chi connectivity index (χ0) is 18.3. The van der Waals surface area contributed by atoms with Gasteiger partial charge in [-0.25, -0.2) is 8.42 Å². The smallest absolute Gasteiger partial charge is 0.239 e. The highest BCUT2D eigenvalue weighted by Crippen LogP contribution is 2.24. The molecule has 0 aliphatic carbocycles. The van der Waals surface area contributed by atoms with Crippen LogP contribution in [0.15, 0.2) is 24.3 Å². The van der Waals surface area contributed by atoms with Crippen molar-refractivity contribution in [1.82, 2.24) is 4.31 Å². The molecule has 0 aliphatic heterocycles. The van der Waals surface area contributed by atoms with Gasteiger partial charge in [-0.2, -0.15) is 4.31 Å². The summed E-state index contributed by atoms with van der Waals surface area (Å²) in [5.41, 5.74) is 0.536. The number of hydrogen-bond donors (Lipinski definition) is 1. The van der Waals surface area contributed by atoms with E-state index in [4.69, 9.17) is 4.74 Å². The zero-order valence-corrected chi connectivity index (χ0v) is 15.9. The van der Waals surface area contributed by atoms with Gasteiger partial charge in [0.2, 0.25) is 15.9 Å². The van der Waals surface area contributed by atoms with Crippen molar-refractivity contribution in [2.75, 3.05) is 24.7 Å². The van der Waals surface area contributed by atoms with Crippen molar-refractivity contribution in [2.45, 2.75) is 40.2 Å². The quantitative estimate of drug-likeness (QED) is 0.738. The van der Waals surface area contributed by atoms with Gasteiger partial charge in [0.15, 0.2) is 0 Å². The molecule has 0 radical (unpaired) electrons. The lowest BCUT2D eigenvalue weighted by Gasteiger charge is -2.21. The standard InChI is InChI=1S/C17H28N2O4S/c1-13(2)10-11-19(24(5,21)22)12-17(20)18-15-8-6-7-9-16(15)23-14(3)4/h6-9,13-14H,10-12H2,1-5H3,(H,18,20). The minimum Gasteiger partial charge on any atom is -0.489 e. The predicted octanol–water partition coefficient (Wildman–Crippen LogP) is 2.72. The number of carbonyl (C=O) groups excluding carboxylic acids is 1. The van der Waals surface area contributed by atoms with E-state index < -0.39 is 10.0 Å². The third kappa shape index (κ3) is 7.31. The minimum absolute atomic E-state index is 0.0263. The van der Waals surface area contributed by atoms with Gasteiger partial charge in [-0.05, 0) is 38.3 Å². The number of sulfonamides is 1. The zero-order valence-electron chi connectivity index (χ0n) is 15.1. The average molecular weight is 356 g/mol. The van der Waals surface area contributed by atoms with Crippen molar-refractivity contribution in [3.63, 3.8) is 0 Å². The molecule has 0 aromatic heterocycles. The first kappa shape index (κ1) is 20.4. The first-order chi connectivity index (χ1) is 11.1. The van der Waals surface area contributed by atoms with Crippen LogP contribution in [-0.2, 0) is 14.8 Å². The fourth-order valence-corrected chi connectivity index (χ4v) is 2.83. The van der Waals surface area contributed by atoms with Crippen LogP contribution in [0.25, 0.3) is 0 Å². The van der Waals surface area contributed by atoms with Crippen LogP contribution in [0.1, 0.15) is 34.1 Å². The first-order valence-corrected chi connectivity index (χ1v) is 9.95. The second-order valence-electron chi connectivity index (χ2n) is 6.49. The lowest BCUT2D eigenvalue weighted by Crippen LogP contribution is -2.38. The number of ether oxygens (including phenoxy) is 1. The summed E-state index contributed by atoms with van der Waals surface area (Å²) in [4.78, 5) is 12.3. The molecule has 0 fully saturated rings. The third-order valence-electron chi connectivity index (χ3n) is 3.27. The maximum absolute atomic E-state index is 12.3. The molecule has 136 valence electrons. The minimum atomic E-state index is -3.44. The Morgan fingerprint density at radius 3 is 2.38 bits per heavy atom. The van der Waals surface area contributed by atoms with Gasteiger partial charge in [0.1, 0.15) is 5.75 Å². The molecule has 0 aliphatic rings. The molecule has 0 unspecified atom stereocenters. The molecule has 0 saturated carbocycles. The number of carbonyl (C=O) groups is 1. The number of hydrogen-bond acceptors (Lipinski definition) is 4. The molecule has 0 spiro atoms. The van der Waals surface area contributed by atoms with Gasteiger partial charge in [0, 0.05) is 6.54 Å². The third-order valence-corrected chi connectivity index (χ3v) is 4.52. The first-order valence-electron chi connectivity index (χ1n) is 8.10. The maximum Gasteiger partial charge on any atom is 0.239 e. The summed E-state index contributed by atoms with van der Waals surface area (Å²) in [6, 6.07) is 7.10. The van der Waals surface area contributed by atoms with Gasteiger partial charge in [0.25, 0.3) is 0 Å². The van der Waals surface area contributed by atoms with E-state index in [9.17, 15) is 13.2 Å². The van der Waals surface area contributed by atoms with E-state index in [1.807, 2.05) is 33.8 Å². The largest absolute Gasteiger partial charge is 0.489 e. The molecule has 0 atom stereocenters. The topological polar surface area (TPSA) is 75.7 Å². The van der Waals surface area contributed by atoms with Crippen LogP contribution in [0.4, 0.5) is 5.69 Å². The summed E-state index contributed by atoms with van der Waals surface area (Å²) in [7, 11) is -3.44. The molecular weight excluding hydrogens is 328 g/mol. The Kier molecular flexibility index (Phi) is 7.69. The number of nitrogens with one attached hydrogen (secondary N) is 1. The van der Waals surface area contributed by atoms with E-state index >= 15 is 0 Å². The highest BCUT2D eigenvalue weighted by molar-refractivity contribution is 7.88. The normalized spacial score (nSPS) is 12.0. The molecule has 0 bridgehead atoms. The second-order valence-corrected chi connectivity index (χ2v) is 8.47. The van der Waals surface area contributed by atoms with Crippen LogP contribution in [0.2, 0.25) is 0 Å². The average Bonchev–Trinajstić information content (AvgIpc) is 2.43. The lowest BCUT2D eigenvalue weighted by molar-refractivity contribution is -0.116. The van der Waals surface area contributed by atoms with Gasteiger partial charge < -0.3 is 10.1 Å². The Bertz CT molecular complexity index is 642. The SMILES string of the molecule is CC(C)CCN(CC(=O)Nc1ccccc1OC(C)C)S(C)(=O)=O. The molecule has 1 amide bonds. The van der Waals surface area contributed by atoms with Crippen LogP contribution in [0.3, 0.4) is 0 Å². The monoisotopic (exact) mass is 356 g/mol. The Hall–Kier alpha value is -1.60. The molecular formula is C17H28N2O4S. The fraction of sp³-hybridized carbons (Fsp3) is 0.588. The molecule has 1 N–H and O–H groups in total. The number of rotatable bonds is 9. The molecule has 0 saturated heterocycles. The fourth-order valence-electron chi connectivity index (χ4n) is 2.04. The summed E-state index contributed by atoms with van der Waals surface area (Å²) in [6.45, 7) is 7.95. The molecule has 24 heavy (non-hydrogen) atoms. The Balaban J connectivity index is 2.79. The van der Waals surface area contributed by atoms with Gasteiger partial charge in [-0.3, -0.25) is 4.79 Å². The van der Waals surface area contributed by atoms with Crippen LogP contribution in [0.5, 0.6) is 5.75 Å². The van der Waals surface area contributed by atoms with Gasteiger partial charge in [-0.15, -0.1) is 0 Å². The van der Waals surface area contributed by atoms with E-state index in [2.05, 4.69) is 5.32 Å². The second kappa shape index (κ2) is 9.03. The highest BCUT2D eigenvalue weighted by Gasteiger charge is 2.21. The number of para-hydroxylation sites is 2. The molecule has 1 rings (SSSR count). The van der Waals surface area contributed by atoms with E-state index in [-0.39, 0.29) is 18.6 Å². The summed E-state index contributed by atoms with van der Waals surface area (Å²) in [5, 5.41) is 2.74. The van der Waals surface area contributed by atoms with Crippen LogP contribution < -0.4 is 10.1 Å². The van der Waals surface area contributed by atoms with Crippen molar-refractivity contribution in [3.05, 3.63) is 24.3 Å². The van der Waals surface area contributed by atoms with E-state index in [1.165, 1.54) is 4.31 Å². The summed E-state index contributed by atoms with van der Waals surface area (Å²) in [6.07, 6.45) is 1.80.